The van der Waals surface area contributed by atoms with Gasteiger partial charge >= 0.3 is 5.97 Å². The zero-order valence-electron chi connectivity index (χ0n) is 8.89. The summed E-state index contributed by atoms with van der Waals surface area (Å²) in [6, 6.07) is 7.96. The van der Waals surface area contributed by atoms with Crippen molar-refractivity contribution in [1.29, 1.82) is 0 Å². The number of hydrogen-bond donors (Lipinski definition) is 1. The molecule has 2 aromatic rings. The number of rotatable bonds is 2. The van der Waals surface area contributed by atoms with Crippen LogP contribution in [0.3, 0.4) is 0 Å². The summed E-state index contributed by atoms with van der Waals surface area (Å²) in [6.07, 6.45) is 5.85. The van der Waals surface area contributed by atoms with E-state index in [1.54, 1.807) is 12.1 Å². The van der Waals surface area contributed by atoms with Crippen LogP contribution in [0.1, 0.15) is 35.7 Å². The van der Waals surface area contributed by atoms with Crippen LogP contribution in [0, 0.1) is 0 Å². The number of hydrogen-bond acceptors (Lipinski definition) is 1. The summed E-state index contributed by atoms with van der Waals surface area (Å²) >= 11 is 0. The van der Waals surface area contributed by atoms with Gasteiger partial charge in [0.15, 0.2) is 0 Å². The monoisotopic (exact) mass is 215 g/mol. The Morgan fingerprint density at radius 1 is 1.31 bits per heavy atom. The molecule has 1 N–H and O–H groups in total. The van der Waals surface area contributed by atoms with Crippen molar-refractivity contribution >= 4 is 16.9 Å². The molecule has 3 rings (SSSR count). The van der Waals surface area contributed by atoms with Crippen molar-refractivity contribution in [1.82, 2.24) is 4.57 Å². The SMILES string of the molecule is O=C(O)c1ccc2c(ccn2C2CCC2)c1. The van der Waals surface area contributed by atoms with Gasteiger partial charge in [0.1, 0.15) is 0 Å². The number of aromatic nitrogens is 1. The lowest BCUT2D eigenvalue weighted by atomic mass is 9.93. The first-order valence-electron chi connectivity index (χ1n) is 5.59. The second-order valence-corrected chi connectivity index (χ2v) is 4.39. The van der Waals surface area contributed by atoms with Crippen LogP contribution in [-0.4, -0.2) is 15.6 Å². The molecule has 1 aliphatic rings. The molecule has 0 radical (unpaired) electrons. The lowest BCUT2D eigenvalue weighted by Crippen LogP contribution is -2.15. The zero-order chi connectivity index (χ0) is 11.1. The van der Waals surface area contributed by atoms with Crippen LogP contribution in [0.5, 0.6) is 0 Å². The minimum absolute atomic E-state index is 0.360. The lowest BCUT2D eigenvalue weighted by Gasteiger charge is -2.28. The average Bonchev–Trinajstić information content (AvgIpc) is 2.59. The highest BCUT2D eigenvalue weighted by atomic mass is 16.4. The number of nitrogens with zero attached hydrogens (tertiary/aromatic N) is 1. The lowest BCUT2D eigenvalue weighted by molar-refractivity contribution is 0.0697. The molecule has 0 unspecified atom stereocenters. The van der Waals surface area contributed by atoms with Crippen LogP contribution < -0.4 is 0 Å². The molecule has 1 fully saturated rings. The quantitative estimate of drug-likeness (QED) is 0.836. The van der Waals surface area contributed by atoms with E-state index >= 15 is 0 Å². The third kappa shape index (κ3) is 1.32. The number of carbonyl (C=O) groups is 1. The first-order chi connectivity index (χ1) is 7.75. The standard InChI is InChI=1S/C13H13NO2/c15-13(16)10-4-5-12-9(8-10)6-7-14(12)11-2-1-3-11/h4-8,11H,1-3H2,(H,15,16). The van der Waals surface area contributed by atoms with E-state index in [-0.39, 0.29) is 0 Å². The molecule has 0 spiro atoms. The Morgan fingerprint density at radius 2 is 2.12 bits per heavy atom. The smallest absolute Gasteiger partial charge is 0.335 e. The molecular weight excluding hydrogens is 202 g/mol. The Morgan fingerprint density at radius 3 is 2.75 bits per heavy atom. The number of aromatic carboxylic acids is 1. The van der Waals surface area contributed by atoms with Crippen molar-refractivity contribution in [2.75, 3.05) is 0 Å². The van der Waals surface area contributed by atoms with E-state index in [1.807, 2.05) is 12.1 Å². The summed E-state index contributed by atoms with van der Waals surface area (Å²) in [5.41, 5.74) is 1.51. The Hall–Kier alpha value is -1.77. The molecule has 16 heavy (non-hydrogen) atoms. The number of benzene rings is 1. The molecule has 1 heterocycles. The van der Waals surface area contributed by atoms with Gasteiger partial charge in [-0.15, -0.1) is 0 Å². The minimum Gasteiger partial charge on any atom is -0.478 e. The third-order valence-electron chi connectivity index (χ3n) is 3.44. The van der Waals surface area contributed by atoms with E-state index in [0.717, 1.165) is 10.9 Å². The Kier molecular flexibility index (Phi) is 1.99. The molecule has 3 nitrogen and oxygen atoms in total. The molecule has 0 bridgehead atoms. The van der Waals surface area contributed by atoms with E-state index in [9.17, 15) is 4.79 Å². The molecule has 0 amide bonds. The topological polar surface area (TPSA) is 42.2 Å². The second kappa shape index (κ2) is 3.37. The molecule has 1 aromatic carbocycles. The van der Waals surface area contributed by atoms with Crippen molar-refractivity contribution in [3.05, 3.63) is 36.0 Å². The molecule has 82 valence electrons. The minimum atomic E-state index is -0.863. The van der Waals surface area contributed by atoms with E-state index in [0.29, 0.717) is 11.6 Å². The van der Waals surface area contributed by atoms with Gasteiger partial charge in [-0.1, -0.05) is 0 Å². The number of fused-ring (bicyclic) bond motifs is 1. The maximum absolute atomic E-state index is 10.8. The van der Waals surface area contributed by atoms with Gasteiger partial charge in [0, 0.05) is 23.1 Å². The highest BCUT2D eigenvalue weighted by Crippen LogP contribution is 2.34. The fourth-order valence-corrected chi connectivity index (χ4v) is 2.28. The van der Waals surface area contributed by atoms with Crippen LogP contribution in [0.15, 0.2) is 30.5 Å². The normalized spacial score (nSPS) is 16.2. The average molecular weight is 215 g/mol. The predicted molar refractivity (Wildman–Crippen MR) is 61.8 cm³/mol. The van der Waals surface area contributed by atoms with E-state index in [2.05, 4.69) is 10.8 Å². The van der Waals surface area contributed by atoms with Crippen LogP contribution >= 0.6 is 0 Å². The fourth-order valence-electron chi connectivity index (χ4n) is 2.28. The Balaban J connectivity index is 2.10. The summed E-state index contributed by atoms with van der Waals surface area (Å²) in [4.78, 5) is 10.8. The second-order valence-electron chi connectivity index (χ2n) is 4.39. The summed E-state index contributed by atoms with van der Waals surface area (Å²) in [6.45, 7) is 0. The third-order valence-corrected chi connectivity index (χ3v) is 3.44. The van der Waals surface area contributed by atoms with Gasteiger partial charge in [0.05, 0.1) is 5.56 Å². The predicted octanol–water partition coefficient (Wildman–Crippen LogP) is 3.06. The largest absolute Gasteiger partial charge is 0.478 e. The Labute approximate surface area is 93.3 Å². The van der Waals surface area contributed by atoms with Crippen molar-refractivity contribution in [2.24, 2.45) is 0 Å². The number of carboxylic acid groups (broad SMARTS) is 1. The molecule has 0 saturated heterocycles. The maximum Gasteiger partial charge on any atom is 0.335 e. The van der Waals surface area contributed by atoms with E-state index < -0.39 is 5.97 Å². The van der Waals surface area contributed by atoms with Crippen LogP contribution in [0.25, 0.3) is 10.9 Å². The molecule has 3 heteroatoms. The fraction of sp³-hybridized carbons (Fsp3) is 0.308. The van der Waals surface area contributed by atoms with Crippen molar-refractivity contribution in [3.63, 3.8) is 0 Å². The van der Waals surface area contributed by atoms with Crippen molar-refractivity contribution < 1.29 is 9.90 Å². The molecular formula is C13H13NO2. The van der Waals surface area contributed by atoms with Crippen LogP contribution in [0.2, 0.25) is 0 Å². The molecule has 0 atom stereocenters. The zero-order valence-corrected chi connectivity index (χ0v) is 8.89. The summed E-state index contributed by atoms with van der Waals surface area (Å²) in [5.74, 6) is -0.863. The molecule has 1 aliphatic carbocycles. The van der Waals surface area contributed by atoms with Gasteiger partial charge in [0.2, 0.25) is 0 Å². The highest BCUT2D eigenvalue weighted by molar-refractivity contribution is 5.93. The van der Waals surface area contributed by atoms with Gasteiger partial charge in [0.25, 0.3) is 0 Å². The van der Waals surface area contributed by atoms with Gasteiger partial charge in [-0.05, 0) is 43.5 Å². The molecule has 0 aliphatic heterocycles. The van der Waals surface area contributed by atoms with E-state index in [4.69, 9.17) is 5.11 Å². The number of carboxylic acids is 1. The van der Waals surface area contributed by atoms with Crippen LogP contribution in [-0.2, 0) is 0 Å². The van der Waals surface area contributed by atoms with Gasteiger partial charge < -0.3 is 9.67 Å². The summed E-state index contributed by atoms with van der Waals surface area (Å²) in [5, 5.41) is 9.93. The van der Waals surface area contributed by atoms with Gasteiger partial charge in [-0.25, -0.2) is 4.79 Å². The first kappa shape index (κ1) is 9.46. The molecule has 1 aromatic heterocycles. The highest BCUT2D eigenvalue weighted by Gasteiger charge is 2.20. The Bertz CT molecular complexity index is 552. The first-order valence-corrected chi connectivity index (χ1v) is 5.59. The van der Waals surface area contributed by atoms with Crippen molar-refractivity contribution in [2.45, 2.75) is 25.3 Å². The van der Waals surface area contributed by atoms with Crippen molar-refractivity contribution in [3.8, 4) is 0 Å². The summed E-state index contributed by atoms with van der Waals surface area (Å²) < 4.78 is 2.27. The van der Waals surface area contributed by atoms with Crippen LogP contribution in [0.4, 0.5) is 0 Å². The molecule has 1 saturated carbocycles. The van der Waals surface area contributed by atoms with E-state index in [1.165, 1.54) is 19.3 Å². The van der Waals surface area contributed by atoms with Gasteiger partial charge in [-0.3, -0.25) is 0 Å². The maximum atomic E-state index is 10.8. The van der Waals surface area contributed by atoms with Gasteiger partial charge in [-0.2, -0.15) is 0 Å². The summed E-state index contributed by atoms with van der Waals surface area (Å²) in [7, 11) is 0.